The Bertz CT molecular complexity index is 889. The molecule has 0 aliphatic heterocycles. The third-order valence-corrected chi connectivity index (χ3v) is 3.50. The predicted molar refractivity (Wildman–Crippen MR) is 94.9 cm³/mol. The van der Waals surface area contributed by atoms with Crippen LogP contribution >= 0.6 is 23.8 Å². The molecular weight excluding hydrogens is 372 g/mol. The average Bonchev–Trinajstić information content (AvgIpc) is 2.56. The Kier molecular flexibility index (Phi) is 5.57. The number of rotatable bonds is 4. The highest BCUT2D eigenvalue weighted by atomic mass is 35.5. The van der Waals surface area contributed by atoms with Crippen LogP contribution in [0.25, 0.3) is 0 Å². The minimum Gasteiger partial charge on any atom is -0.332 e. The van der Waals surface area contributed by atoms with Crippen molar-refractivity contribution < 1.29 is 14.6 Å². The predicted octanol–water partition coefficient (Wildman–Crippen LogP) is 3.28. The number of nitrogens with one attached hydrogen (secondary N) is 2. The molecule has 0 aliphatic carbocycles. The number of hydrogen-bond acceptors (Lipinski definition) is 6. The molecule has 0 spiro atoms. The van der Waals surface area contributed by atoms with Gasteiger partial charge in [-0.15, -0.1) is 0 Å². The first-order valence-electron chi connectivity index (χ1n) is 6.59. The van der Waals surface area contributed by atoms with Crippen LogP contribution < -0.4 is 10.6 Å². The molecule has 0 aliphatic rings. The number of halogens is 1. The zero-order valence-electron chi connectivity index (χ0n) is 12.3. The van der Waals surface area contributed by atoms with E-state index in [2.05, 4.69) is 10.6 Å². The van der Waals surface area contributed by atoms with Crippen molar-refractivity contribution in [3.63, 3.8) is 0 Å². The highest BCUT2D eigenvalue weighted by molar-refractivity contribution is 7.80. The van der Waals surface area contributed by atoms with Crippen LogP contribution in [0.3, 0.4) is 0 Å². The molecule has 2 N–H and O–H groups in total. The molecule has 2 aromatic carbocycles. The highest BCUT2D eigenvalue weighted by Gasteiger charge is 2.20. The summed E-state index contributed by atoms with van der Waals surface area (Å²) in [7, 11) is 0. The molecule has 0 saturated heterocycles. The number of carbonyl (C=O) groups is 1. The van der Waals surface area contributed by atoms with Crippen LogP contribution in [0.5, 0.6) is 0 Å². The van der Waals surface area contributed by atoms with Gasteiger partial charge < -0.3 is 5.32 Å². The lowest BCUT2D eigenvalue weighted by atomic mass is 10.1. The molecule has 11 heteroatoms. The first-order valence-corrected chi connectivity index (χ1v) is 7.38. The van der Waals surface area contributed by atoms with Crippen molar-refractivity contribution in [1.29, 1.82) is 0 Å². The molecule has 9 nitrogen and oxygen atoms in total. The van der Waals surface area contributed by atoms with Gasteiger partial charge in [0.15, 0.2) is 5.11 Å². The Balaban J connectivity index is 2.13. The monoisotopic (exact) mass is 380 g/mol. The fourth-order valence-corrected chi connectivity index (χ4v) is 2.29. The van der Waals surface area contributed by atoms with Gasteiger partial charge in [-0.1, -0.05) is 23.7 Å². The third kappa shape index (κ3) is 4.46. The molecular formula is C14H9ClN4O5S. The average molecular weight is 381 g/mol. The number of benzene rings is 2. The molecule has 0 aromatic heterocycles. The third-order valence-electron chi connectivity index (χ3n) is 2.97. The second kappa shape index (κ2) is 7.64. The normalized spacial score (nSPS) is 9.96. The largest absolute Gasteiger partial charge is 0.332 e. The molecule has 0 atom stereocenters. The number of carbonyl (C=O) groups excluding carboxylic acids is 1. The Morgan fingerprint density at radius 1 is 1.04 bits per heavy atom. The van der Waals surface area contributed by atoms with Crippen LogP contribution in [0, 0.1) is 20.2 Å². The lowest BCUT2D eigenvalue weighted by molar-refractivity contribution is -0.385. The molecule has 0 radical (unpaired) electrons. The quantitative estimate of drug-likeness (QED) is 0.473. The summed E-state index contributed by atoms with van der Waals surface area (Å²) in [6.45, 7) is 0. The minimum atomic E-state index is -0.784. The number of hydrogen-bond donors (Lipinski definition) is 2. The van der Waals surface area contributed by atoms with Crippen LogP contribution in [-0.2, 0) is 0 Å². The van der Waals surface area contributed by atoms with Gasteiger partial charge in [-0.2, -0.15) is 0 Å². The lowest BCUT2D eigenvalue weighted by Crippen LogP contribution is -2.34. The topological polar surface area (TPSA) is 127 Å². The molecule has 0 heterocycles. The zero-order chi connectivity index (χ0) is 18.6. The highest BCUT2D eigenvalue weighted by Crippen LogP contribution is 2.27. The number of nitrogens with zero attached hydrogens (tertiary/aromatic N) is 2. The molecule has 0 bridgehead atoms. The SMILES string of the molecule is O=C(NC(=S)Nc1ccc(Cl)c([N+](=O)[O-])c1)c1ccccc1[N+](=O)[O-]. The first-order chi connectivity index (χ1) is 11.8. The number of nitro benzene ring substituents is 2. The number of thiocarbonyl (C=S) groups is 1. The van der Waals surface area contributed by atoms with Crippen molar-refractivity contribution in [2.75, 3.05) is 5.32 Å². The smallest absolute Gasteiger partial charge is 0.289 e. The Morgan fingerprint density at radius 3 is 2.32 bits per heavy atom. The van der Waals surface area contributed by atoms with Crippen molar-refractivity contribution in [3.8, 4) is 0 Å². The summed E-state index contributed by atoms with van der Waals surface area (Å²) in [5.74, 6) is -0.784. The van der Waals surface area contributed by atoms with Gasteiger partial charge in [-0.3, -0.25) is 30.3 Å². The van der Waals surface area contributed by atoms with Gasteiger partial charge in [0.1, 0.15) is 10.6 Å². The van der Waals surface area contributed by atoms with E-state index < -0.39 is 15.8 Å². The van der Waals surface area contributed by atoms with E-state index in [1.807, 2.05) is 0 Å². The van der Waals surface area contributed by atoms with Crippen LogP contribution in [0.4, 0.5) is 17.1 Å². The van der Waals surface area contributed by atoms with Gasteiger partial charge >= 0.3 is 0 Å². The van der Waals surface area contributed by atoms with Crippen LogP contribution in [-0.4, -0.2) is 20.9 Å². The maximum Gasteiger partial charge on any atom is 0.289 e. The van der Waals surface area contributed by atoms with Crippen molar-refractivity contribution in [2.45, 2.75) is 0 Å². The van der Waals surface area contributed by atoms with E-state index in [9.17, 15) is 25.0 Å². The number of para-hydroxylation sites is 1. The summed E-state index contributed by atoms with van der Waals surface area (Å²) in [5, 5.41) is 26.4. The van der Waals surface area contributed by atoms with Gasteiger partial charge in [0.25, 0.3) is 17.3 Å². The minimum absolute atomic E-state index is 0.0505. The van der Waals surface area contributed by atoms with Crippen LogP contribution in [0.15, 0.2) is 42.5 Å². The van der Waals surface area contributed by atoms with E-state index in [-0.39, 0.29) is 32.8 Å². The fourth-order valence-electron chi connectivity index (χ4n) is 1.89. The van der Waals surface area contributed by atoms with E-state index in [1.165, 1.54) is 36.4 Å². The maximum atomic E-state index is 12.1. The number of anilines is 1. The first kappa shape index (κ1) is 18.2. The van der Waals surface area contributed by atoms with Gasteiger partial charge in [0, 0.05) is 17.8 Å². The summed E-state index contributed by atoms with van der Waals surface area (Å²) in [6, 6.07) is 9.25. The molecule has 1 amide bonds. The molecule has 0 saturated carbocycles. The summed E-state index contributed by atoms with van der Waals surface area (Å²) in [4.78, 5) is 32.6. The standard InChI is InChI=1S/C14H9ClN4O5S/c15-10-6-5-8(7-12(10)19(23)24)16-14(25)17-13(20)9-3-1-2-4-11(9)18(21)22/h1-7H,(H2,16,17,20,25). The zero-order valence-corrected chi connectivity index (χ0v) is 13.8. The van der Waals surface area contributed by atoms with Crippen molar-refractivity contribution in [2.24, 2.45) is 0 Å². The molecule has 2 rings (SSSR count). The van der Waals surface area contributed by atoms with E-state index in [0.29, 0.717) is 0 Å². The Morgan fingerprint density at radius 2 is 1.68 bits per heavy atom. The fraction of sp³-hybridized carbons (Fsp3) is 0. The second-order valence-electron chi connectivity index (χ2n) is 4.61. The Hall–Kier alpha value is -3.11. The molecule has 2 aromatic rings. The summed E-state index contributed by atoms with van der Waals surface area (Å²) in [5.41, 5.74) is -0.646. The molecule has 0 unspecified atom stereocenters. The lowest BCUT2D eigenvalue weighted by Gasteiger charge is -2.10. The van der Waals surface area contributed by atoms with Crippen LogP contribution in [0.1, 0.15) is 10.4 Å². The molecule has 128 valence electrons. The van der Waals surface area contributed by atoms with Crippen molar-refractivity contribution in [1.82, 2.24) is 5.32 Å². The van der Waals surface area contributed by atoms with Gasteiger partial charge in [0.05, 0.1) is 9.85 Å². The summed E-state index contributed by atoms with van der Waals surface area (Å²) < 4.78 is 0. The number of nitro groups is 2. The van der Waals surface area contributed by atoms with E-state index in [4.69, 9.17) is 23.8 Å². The number of amides is 1. The van der Waals surface area contributed by atoms with E-state index in [0.717, 1.165) is 6.07 Å². The van der Waals surface area contributed by atoms with Crippen LogP contribution in [0.2, 0.25) is 5.02 Å². The van der Waals surface area contributed by atoms with E-state index >= 15 is 0 Å². The van der Waals surface area contributed by atoms with E-state index in [1.54, 1.807) is 0 Å². The van der Waals surface area contributed by atoms with Gasteiger partial charge in [-0.05, 0) is 30.4 Å². The molecule has 0 fully saturated rings. The van der Waals surface area contributed by atoms with Crippen molar-refractivity contribution >= 4 is 51.9 Å². The molecule has 25 heavy (non-hydrogen) atoms. The summed E-state index contributed by atoms with van der Waals surface area (Å²) >= 11 is 10.7. The van der Waals surface area contributed by atoms with Gasteiger partial charge in [-0.25, -0.2) is 0 Å². The van der Waals surface area contributed by atoms with Crippen molar-refractivity contribution in [3.05, 3.63) is 73.3 Å². The Labute approximate surface area is 150 Å². The second-order valence-corrected chi connectivity index (χ2v) is 5.42. The maximum absolute atomic E-state index is 12.1. The van der Waals surface area contributed by atoms with Gasteiger partial charge in [0.2, 0.25) is 0 Å². The summed E-state index contributed by atoms with van der Waals surface area (Å²) in [6.07, 6.45) is 0.